The molecule has 2 heteroatoms. The summed E-state index contributed by atoms with van der Waals surface area (Å²) in [5.74, 6) is 0. The van der Waals surface area contributed by atoms with Crippen LogP contribution in [0.15, 0.2) is 0 Å². The molecule has 0 aliphatic carbocycles. The zero-order chi connectivity index (χ0) is 12.4. The molecule has 0 bridgehead atoms. The second-order valence-electron chi connectivity index (χ2n) is 5.95. The van der Waals surface area contributed by atoms with Crippen molar-refractivity contribution in [3.8, 4) is 0 Å². The summed E-state index contributed by atoms with van der Waals surface area (Å²) in [4.78, 5) is 2.28. The fourth-order valence-corrected chi connectivity index (χ4v) is 2.02. The number of unbranched alkanes of at least 4 members (excludes halogenated alkanes) is 4. The zero-order valence-electron chi connectivity index (χ0n) is 12.3. The Bertz CT molecular complexity index is 153. The SMILES string of the molecule is CCCC[N+](C)(C)CCCCCCN(C)C. The van der Waals surface area contributed by atoms with Crippen molar-refractivity contribution in [1.29, 1.82) is 0 Å². The van der Waals surface area contributed by atoms with E-state index in [4.69, 9.17) is 0 Å². The van der Waals surface area contributed by atoms with Crippen molar-refractivity contribution in [2.75, 3.05) is 47.8 Å². The van der Waals surface area contributed by atoms with Gasteiger partial charge in [-0.2, -0.15) is 0 Å². The van der Waals surface area contributed by atoms with Gasteiger partial charge in [0.1, 0.15) is 0 Å². The molecule has 0 saturated carbocycles. The molecule has 0 radical (unpaired) electrons. The van der Waals surface area contributed by atoms with Gasteiger partial charge in [0.2, 0.25) is 0 Å². The lowest BCUT2D eigenvalue weighted by Crippen LogP contribution is -2.41. The highest BCUT2D eigenvalue weighted by Crippen LogP contribution is 2.07. The van der Waals surface area contributed by atoms with Gasteiger partial charge in [0.25, 0.3) is 0 Å². The molecule has 0 amide bonds. The van der Waals surface area contributed by atoms with Crippen molar-refractivity contribution >= 4 is 0 Å². The first kappa shape index (κ1) is 15.9. The lowest BCUT2D eigenvalue weighted by atomic mass is 10.1. The number of hydrogen-bond donors (Lipinski definition) is 0. The van der Waals surface area contributed by atoms with Crippen LogP contribution in [0.25, 0.3) is 0 Å². The lowest BCUT2D eigenvalue weighted by molar-refractivity contribution is -0.890. The molecule has 0 aliphatic rings. The first-order chi connectivity index (χ1) is 7.48. The van der Waals surface area contributed by atoms with Gasteiger partial charge in [-0.05, 0) is 46.3 Å². The minimum atomic E-state index is 1.21. The average molecular weight is 229 g/mol. The van der Waals surface area contributed by atoms with Crippen LogP contribution in [0.4, 0.5) is 0 Å². The van der Waals surface area contributed by atoms with E-state index in [1.807, 2.05) is 0 Å². The molecule has 0 heterocycles. The van der Waals surface area contributed by atoms with E-state index in [9.17, 15) is 0 Å². The Kier molecular flexibility index (Phi) is 8.96. The average Bonchev–Trinajstić information content (AvgIpc) is 2.20. The maximum Gasteiger partial charge on any atom is 0.0782 e. The zero-order valence-corrected chi connectivity index (χ0v) is 12.3. The fourth-order valence-electron chi connectivity index (χ4n) is 2.02. The standard InChI is InChI=1S/C14H33N2/c1-6-7-13-16(4,5)14-11-9-8-10-12-15(2)3/h6-14H2,1-5H3/q+1. The van der Waals surface area contributed by atoms with Crippen LogP contribution in [0.5, 0.6) is 0 Å². The maximum atomic E-state index is 2.37. The molecular formula is C14H33N2+. The van der Waals surface area contributed by atoms with E-state index in [1.54, 1.807) is 0 Å². The lowest BCUT2D eigenvalue weighted by Gasteiger charge is -2.29. The summed E-state index contributed by atoms with van der Waals surface area (Å²) in [5.41, 5.74) is 0. The molecule has 0 aromatic rings. The van der Waals surface area contributed by atoms with Crippen molar-refractivity contribution in [1.82, 2.24) is 4.90 Å². The predicted octanol–water partition coefficient (Wildman–Crippen LogP) is 2.98. The van der Waals surface area contributed by atoms with Gasteiger partial charge in [0, 0.05) is 0 Å². The number of quaternary nitrogens is 1. The van der Waals surface area contributed by atoms with Crippen LogP contribution in [-0.2, 0) is 0 Å². The molecule has 0 aromatic heterocycles. The molecule has 0 rings (SSSR count). The highest BCUT2D eigenvalue weighted by atomic mass is 15.3. The number of rotatable bonds is 10. The monoisotopic (exact) mass is 229 g/mol. The quantitative estimate of drug-likeness (QED) is 0.411. The van der Waals surface area contributed by atoms with Gasteiger partial charge in [0.05, 0.1) is 27.2 Å². The van der Waals surface area contributed by atoms with Gasteiger partial charge < -0.3 is 9.38 Å². The Morgan fingerprint density at radius 2 is 1.38 bits per heavy atom. The van der Waals surface area contributed by atoms with Crippen molar-refractivity contribution < 1.29 is 4.48 Å². The van der Waals surface area contributed by atoms with E-state index < -0.39 is 0 Å². The van der Waals surface area contributed by atoms with Crippen LogP contribution in [0, 0.1) is 0 Å². The summed E-state index contributed by atoms with van der Waals surface area (Å²) >= 11 is 0. The first-order valence-electron chi connectivity index (χ1n) is 6.94. The summed E-state index contributed by atoms with van der Waals surface area (Å²) < 4.78 is 1.21. The molecule has 0 aliphatic heterocycles. The topological polar surface area (TPSA) is 3.24 Å². The Morgan fingerprint density at radius 1 is 0.812 bits per heavy atom. The Hall–Kier alpha value is -0.0800. The maximum absolute atomic E-state index is 2.37. The molecule has 2 nitrogen and oxygen atoms in total. The molecule has 0 spiro atoms. The molecule has 0 fully saturated rings. The first-order valence-corrected chi connectivity index (χ1v) is 6.94. The summed E-state index contributed by atoms with van der Waals surface area (Å²) in [6, 6.07) is 0. The summed E-state index contributed by atoms with van der Waals surface area (Å²) in [6.45, 7) is 6.21. The normalized spacial score (nSPS) is 12.4. The molecule has 0 N–H and O–H groups in total. The molecule has 0 atom stereocenters. The van der Waals surface area contributed by atoms with Gasteiger partial charge >= 0.3 is 0 Å². The van der Waals surface area contributed by atoms with Crippen LogP contribution >= 0.6 is 0 Å². The van der Waals surface area contributed by atoms with Crippen LogP contribution in [0.2, 0.25) is 0 Å². The molecule has 0 aromatic carbocycles. The van der Waals surface area contributed by atoms with Gasteiger partial charge in [-0.25, -0.2) is 0 Å². The van der Waals surface area contributed by atoms with E-state index in [0.717, 1.165) is 0 Å². The van der Waals surface area contributed by atoms with E-state index in [0.29, 0.717) is 0 Å². The molecular weight excluding hydrogens is 196 g/mol. The van der Waals surface area contributed by atoms with Gasteiger partial charge in [-0.15, -0.1) is 0 Å². The Morgan fingerprint density at radius 3 is 1.94 bits per heavy atom. The highest BCUT2D eigenvalue weighted by Gasteiger charge is 2.12. The van der Waals surface area contributed by atoms with E-state index in [1.165, 1.54) is 62.6 Å². The summed E-state index contributed by atoms with van der Waals surface area (Å²) in [5, 5.41) is 0. The van der Waals surface area contributed by atoms with Crippen LogP contribution in [-0.4, -0.2) is 57.2 Å². The van der Waals surface area contributed by atoms with Crippen molar-refractivity contribution in [3.05, 3.63) is 0 Å². The van der Waals surface area contributed by atoms with Crippen molar-refractivity contribution in [2.24, 2.45) is 0 Å². The van der Waals surface area contributed by atoms with Crippen LogP contribution in [0.3, 0.4) is 0 Å². The molecule has 98 valence electrons. The predicted molar refractivity (Wildman–Crippen MR) is 73.8 cm³/mol. The highest BCUT2D eigenvalue weighted by molar-refractivity contribution is 4.47. The largest absolute Gasteiger partial charge is 0.328 e. The van der Waals surface area contributed by atoms with Gasteiger partial charge in [0.15, 0.2) is 0 Å². The molecule has 0 saturated heterocycles. The molecule has 0 unspecified atom stereocenters. The van der Waals surface area contributed by atoms with E-state index in [-0.39, 0.29) is 0 Å². The van der Waals surface area contributed by atoms with Gasteiger partial charge in [-0.3, -0.25) is 0 Å². The Balaban J connectivity index is 3.35. The third-order valence-electron chi connectivity index (χ3n) is 3.24. The van der Waals surface area contributed by atoms with Gasteiger partial charge in [-0.1, -0.05) is 19.8 Å². The minimum Gasteiger partial charge on any atom is -0.328 e. The third kappa shape index (κ3) is 10.4. The summed E-state index contributed by atoms with van der Waals surface area (Å²) in [6.07, 6.45) is 8.24. The third-order valence-corrected chi connectivity index (χ3v) is 3.24. The Labute approximate surface area is 103 Å². The summed E-state index contributed by atoms with van der Waals surface area (Å²) in [7, 11) is 9.06. The minimum absolute atomic E-state index is 1.21. The number of nitrogens with zero attached hydrogens (tertiary/aromatic N) is 2. The smallest absolute Gasteiger partial charge is 0.0782 e. The van der Waals surface area contributed by atoms with Crippen molar-refractivity contribution in [2.45, 2.75) is 45.4 Å². The van der Waals surface area contributed by atoms with E-state index in [2.05, 4.69) is 40.0 Å². The fraction of sp³-hybridized carbons (Fsp3) is 1.00. The second-order valence-corrected chi connectivity index (χ2v) is 5.95. The van der Waals surface area contributed by atoms with Crippen LogP contribution < -0.4 is 0 Å². The van der Waals surface area contributed by atoms with E-state index >= 15 is 0 Å². The number of hydrogen-bond acceptors (Lipinski definition) is 1. The second kappa shape index (κ2) is 9.00. The molecule has 16 heavy (non-hydrogen) atoms. The van der Waals surface area contributed by atoms with Crippen LogP contribution in [0.1, 0.15) is 45.4 Å². The van der Waals surface area contributed by atoms with Crippen molar-refractivity contribution in [3.63, 3.8) is 0 Å².